The third-order valence-corrected chi connectivity index (χ3v) is 3.50. The number of halogens is 1. The van der Waals surface area contributed by atoms with Gasteiger partial charge >= 0.3 is 0 Å². The van der Waals surface area contributed by atoms with Crippen molar-refractivity contribution in [3.05, 3.63) is 71.3 Å². The van der Waals surface area contributed by atoms with Crippen LogP contribution in [0.5, 0.6) is 0 Å². The average molecular weight is 315 g/mol. The Morgan fingerprint density at radius 3 is 2.82 bits per heavy atom. The minimum atomic E-state index is -0.0727. The van der Waals surface area contributed by atoms with Gasteiger partial charge in [0.1, 0.15) is 17.3 Å². The normalized spacial score (nSPS) is 12.2. The predicted molar refractivity (Wildman–Crippen MR) is 83.4 cm³/mol. The van der Waals surface area contributed by atoms with E-state index in [0.29, 0.717) is 5.15 Å². The molecule has 3 aromatic heterocycles. The van der Waals surface area contributed by atoms with Gasteiger partial charge in [0.25, 0.3) is 0 Å². The summed E-state index contributed by atoms with van der Waals surface area (Å²) in [6.07, 6.45) is 7.71. The molecule has 6 nitrogen and oxygen atoms in total. The molecule has 0 aliphatic heterocycles. The van der Waals surface area contributed by atoms with Gasteiger partial charge in [-0.25, -0.2) is 9.97 Å². The molecule has 0 radical (unpaired) electrons. The minimum Gasteiger partial charge on any atom is -0.303 e. The van der Waals surface area contributed by atoms with Crippen LogP contribution in [0.4, 0.5) is 0 Å². The first-order chi connectivity index (χ1) is 10.8. The molecule has 3 aromatic rings. The molecule has 1 unspecified atom stereocenters. The number of rotatable bonds is 6. The molecule has 7 heteroatoms. The van der Waals surface area contributed by atoms with Crippen LogP contribution >= 0.6 is 11.6 Å². The van der Waals surface area contributed by atoms with E-state index in [9.17, 15) is 0 Å². The summed E-state index contributed by atoms with van der Waals surface area (Å²) in [5.41, 5.74) is 2.16. The van der Waals surface area contributed by atoms with Crippen LogP contribution in [-0.2, 0) is 6.42 Å². The van der Waals surface area contributed by atoms with Crippen LogP contribution < -0.4 is 5.32 Å². The van der Waals surface area contributed by atoms with Gasteiger partial charge in [0, 0.05) is 25.1 Å². The molecular formula is C15H15ClN6. The summed E-state index contributed by atoms with van der Waals surface area (Å²) in [4.78, 5) is 12.5. The monoisotopic (exact) mass is 314 g/mol. The van der Waals surface area contributed by atoms with Gasteiger partial charge in [-0.05, 0) is 29.7 Å². The van der Waals surface area contributed by atoms with E-state index in [1.807, 2.05) is 24.4 Å². The first-order valence-electron chi connectivity index (χ1n) is 6.92. The van der Waals surface area contributed by atoms with Gasteiger partial charge in [0.05, 0.1) is 6.04 Å². The quantitative estimate of drug-likeness (QED) is 0.682. The Morgan fingerprint density at radius 1 is 1.18 bits per heavy atom. The van der Waals surface area contributed by atoms with Crippen LogP contribution in [0.3, 0.4) is 0 Å². The fourth-order valence-corrected chi connectivity index (χ4v) is 2.30. The lowest BCUT2D eigenvalue weighted by Gasteiger charge is -2.16. The maximum Gasteiger partial charge on any atom is 0.146 e. The second-order valence-corrected chi connectivity index (χ2v) is 5.17. The average Bonchev–Trinajstić information content (AvgIpc) is 3.08. The molecule has 1 atom stereocenters. The Balaban J connectivity index is 1.67. The van der Waals surface area contributed by atoms with Crippen molar-refractivity contribution in [2.24, 2.45) is 0 Å². The summed E-state index contributed by atoms with van der Waals surface area (Å²) in [6, 6.07) is 7.62. The second-order valence-electron chi connectivity index (χ2n) is 4.78. The highest BCUT2D eigenvalue weighted by Gasteiger charge is 2.16. The van der Waals surface area contributed by atoms with Gasteiger partial charge in [-0.2, -0.15) is 5.10 Å². The molecule has 22 heavy (non-hydrogen) atoms. The van der Waals surface area contributed by atoms with Gasteiger partial charge in [0.15, 0.2) is 0 Å². The minimum absolute atomic E-state index is 0.0727. The third-order valence-electron chi connectivity index (χ3n) is 3.28. The van der Waals surface area contributed by atoms with E-state index >= 15 is 0 Å². The van der Waals surface area contributed by atoms with Crippen LogP contribution in [0.1, 0.15) is 23.0 Å². The van der Waals surface area contributed by atoms with E-state index in [0.717, 1.165) is 29.9 Å². The van der Waals surface area contributed by atoms with Gasteiger partial charge < -0.3 is 5.32 Å². The molecule has 0 saturated carbocycles. The second kappa shape index (κ2) is 7.11. The van der Waals surface area contributed by atoms with E-state index < -0.39 is 0 Å². The van der Waals surface area contributed by atoms with Crippen molar-refractivity contribution in [3.63, 3.8) is 0 Å². The SMILES string of the molecule is Clc1ccc(CCNC(c2cccnc2)c2ncn[nH]2)cn1. The van der Waals surface area contributed by atoms with Crippen LogP contribution in [0.15, 0.2) is 49.2 Å². The number of H-pyrrole nitrogens is 1. The standard InChI is InChI=1S/C15H15ClN6/c16-13-4-3-11(8-19-13)5-7-18-14(15-20-10-21-22-15)12-2-1-6-17-9-12/h1-4,6,8-10,14,18H,5,7H2,(H,20,21,22). The maximum absolute atomic E-state index is 5.79. The molecular weight excluding hydrogens is 300 g/mol. The van der Waals surface area contributed by atoms with Crippen molar-refractivity contribution in [2.75, 3.05) is 6.54 Å². The summed E-state index contributed by atoms with van der Waals surface area (Å²) in [5.74, 6) is 0.766. The Labute approximate surface area is 133 Å². The molecule has 3 rings (SSSR count). The van der Waals surface area contributed by atoms with Crippen molar-refractivity contribution >= 4 is 11.6 Å². The van der Waals surface area contributed by atoms with E-state index in [1.165, 1.54) is 6.33 Å². The zero-order valence-electron chi connectivity index (χ0n) is 11.8. The molecule has 0 aliphatic carbocycles. The lowest BCUT2D eigenvalue weighted by molar-refractivity contribution is 0.578. The topological polar surface area (TPSA) is 79.4 Å². The van der Waals surface area contributed by atoms with Gasteiger partial charge in [-0.3, -0.25) is 10.1 Å². The Bertz CT molecular complexity index is 684. The lowest BCUT2D eigenvalue weighted by atomic mass is 10.1. The Kier molecular flexibility index (Phi) is 4.72. The van der Waals surface area contributed by atoms with E-state index in [2.05, 4.69) is 30.5 Å². The molecule has 0 spiro atoms. The Morgan fingerprint density at radius 2 is 2.14 bits per heavy atom. The van der Waals surface area contributed by atoms with Gasteiger partial charge in [-0.1, -0.05) is 23.7 Å². The predicted octanol–water partition coefficient (Wildman–Crippen LogP) is 2.17. The van der Waals surface area contributed by atoms with Crippen molar-refractivity contribution in [3.8, 4) is 0 Å². The molecule has 0 amide bonds. The van der Waals surface area contributed by atoms with Crippen molar-refractivity contribution in [1.82, 2.24) is 30.5 Å². The molecule has 112 valence electrons. The van der Waals surface area contributed by atoms with Crippen LogP contribution in [0.2, 0.25) is 5.15 Å². The molecule has 3 heterocycles. The lowest BCUT2D eigenvalue weighted by Crippen LogP contribution is -2.26. The fourth-order valence-electron chi connectivity index (χ4n) is 2.19. The van der Waals surface area contributed by atoms with E-state index in [-0.39, 0.29) is 6.04 Å². The number of aromatic amines is 1. The zero-order valence-corrected chi connectivity index (χ0v) is 12.5. The largest absolute Gasteiger partial charge is 0.303 e. The highest BCUT2D eigenvalue weighted by Crippen LogP contribution is 2.17. The number of nitrogens with one attached hydrogen (secondary N) is 2. The third kappa shape index (κ3) is 3.66. The number of nitrogens with zero attached hydrogens (tertiary/aromatic N) is 4. The summed E-state index contributed by atoms with van der Waals surface area (Å²) >= 11 is 5.79. The maximum atomic E-state index is 5.79. The first kappa shape index (κ1) is 14.6. The summed E-state index contributed by atoms with van der Waals surface area (Å²) < 4.78 is 0. The summed E-state index contributed by atoms with van der Waals surface area (Å²) in [7, 11) is 0. The molecule has 2 N–H and O–H groups in total. The van der Waals surface area contributed by atoms with Crippen molar-refractivity contribution < 1.29 is 0 Å². The molecule has 0 saturated heterocycles. The highest BCUT2D eigenvalue weighted by molar-refractivity contribution is 6.29. The molecule has 0 bridgehead atoms. The smallest absolute Gasteiger partial charge is 0.146 e. The number of hydrogen-bond donors (Lipinski definition) is 2. The zero-order chi connectivity index (χ0) is 15.2. The molecule has 0 aromatic carbocycles. The first-order valence-corrected chi connectivity index (χ1v) is 7.30. The van der Waals surface area contributed by atoms with Crippen LogP contribution in [0, 0.1) is 0 Å². The van der Waals surface area contributed by atoms with Crippen molar-refractivity contribution in [2.45, 2.75) is 12.5 Å². The van der Waals surface area contributed by atoms with Crippen LogP contribution in [-0.4, -0.2) is 31.7 Å². The number of aromatic nitrogens is 5. The highest BCUT2D eigenvalue weighted by atomic mass is 35.5. The molecule has 0 aliphatic rings. The van der Waals surface area contributed by atoms with E-state index in [4.69, 9.17) is 11.6 Å². The Hall–Kier alpha value is -2.31. The summed E-state index contributed by atoms with van der Waals surface area (Å²) in [6.45, 7) is 0.767. The van der Waals surface area contributed by atoms with Gasteiger partial charge in [-0.15, -0.1) is 0 Å². The summed E-state index contributed by atoms with van der Waals surface area (Å²) in [5, 5.41) is 10.8. The number of pyridine rings is 2. The molecule has 0 fully saturated rings. The van der Waals surface area contributed by atoms with E-state index in [1.54, 1.807) is 18.5 Å². The van der Waals surface area contributed by atoms with Gasteiger partial charge in [0.2, 0.25) is 0 Å². The van der Waals surface area contributed by atoms with Crippen molar-refractivity contribution in [1.29, 1.82) is 0 Å². The fraction of sp³-hybridized carbons (Fsp3) is 0.200. The van der Waals surface area contributed by atoms with Crippen LogP contribution in [0.25, 0.3) is 0 Å². The number of hydrogen-bond acceptors (Lipinski definition) is 5.